The number of rotatable bonds is 8. The molecule has 146 valence electrons. The monoisotopic (exact) mass is 405 g/mol. The number of hydrogen-bond donors (Lipinski definition) is 2. The number of benzene rings is 1. The van der Waals surface area contributed by atoms with E-state index in [1.165, 1.54) is 32.9 Å². The first-order valence-electron chi connectivity index (χ1n) is 7.97. The molecule has 0 atom stereocenters. The highest BCUT2D eigenvalue weighted by Crippen LogP contribution is 2.39. The van der Waals surface area contributed by atoms with Gasteiger partial charge in [0.05, 0.1) is 42.7 Å². The molecule has 10 nitrogen and oxygen atoms in total. The van der Waals surface area contributed by atoms with Gasteiger partial charge in [0.1, 0.15) is 23.6 Å². The first kappa shape index (κ1) is 19.2. The second kappa shape index (κ2) is 8.44. The van der Waals surface area contributed by atoms with E-state index in [2.05, 4.69) is 20.6 Å². The molecular formula is C17H16ClN5O5. The topological polar surface area (TPSA) is 125 Å². The largest absolute Gasteiger partial charge is 0.495 e. The summed E-state index contributed by atoms with van der Waals surface area (Å²) in [5.74, 6) is 1.39. The van der Waals surface area contributed by atoms with Crippen LogP contribution in [0.1, 0.15) is 5.76 Å². The molecule has 0 fully saturated rings. The van der Waals surface area contributed by atoms with Crippen LogP contribution in [0, 0.1) is 10.1 Å². The summed E-state index contributed by atoms with van der Waals surface area (Å²) in [4.78, 5) is 19.0. The SMILES string of the molecule is COc1cc(OC)c(Nc2ncnc(NCc3ccco3)c2[N+](=O)[O-])cc1Cl. The minimum absolute atomic E-state index is 0.0264. The van der Waals surface area contributed by atoms with Gasteiger partial charge in [-0.1, -0.05) is 11.6 Å². The minimum Gasteiger partial charge on any atom is -0.495 e. The average Bonchev–Trinajstić information content (AvgIpc) is 3.20. The smallest absolute Gasteiger partial charge is 0.353 e. The zero-order chi connectivity index (χ0) is 20.1. The van der Waals surface area contributed by atoms with Crippen molar-refractivity contribution in [1.29, 1.82) is 0 Å². The summed E-state index contributed by atoms with van der Waals surface area (Å²) >= 11 is 6.16. The molecular weight excluding hydrogens is 390 g/mol. The zero-order valence-corrected chi connectivity index (χ0v) is 15.7. The molecule has 0 aliphatic rings. The van der Waals surface area contributed by atoms with Crippen LogP contribution in [0.4, 0.5) is 23.0 Å². The predicted octanol–water partition coefficient (Wildman–Crippen LogP) is 4.00. The Morgan fingerprint density at radius 2 is 1.96 bits per heavy atom. The molecule has 11 heteroatoms. The van der Waals surface area contributed by atoms with Gasteiger partial charge in [0, 0.05) is 6.07 Å². The van der Waals surface area contributed by atoms with Crippen LogP contribution >= 0.6 is 11.6 Å². The third-order valence-electron chi connectivity index (χ3n) is 3.74. The van der Waals surface area contributed by atoms with E-state index in [9.17, 15) is 10.1 Å². The Morgan fingerprint density at radius 3 is 2.61 bits per heavy atom. The highest BCUT2D eigenvalue weighted by atomic mass is 35.5. The van der Waals surface area contributed by atoms with E-state index in [1.807, 2.05) is 0 Å². The highest BCUT2D eigenvalue weighted by Gasteiger charge is 2.24. The van der Waals surface area contributed by atoms with Crippen LogP contribution < -0.4 is 20.1 Å². The maximum atomic E-state index is 11.7. The van der Waals surface area contributed by atoms with E-state index in [0.717, 1.165) is 0 Å². The van der Waals surface area contributed by atoms with Crippen molar-refractivity contribution in [1.82, 2.24) is 9.97 Å². The van der Waals surface area contributed by atoms with Crippen molar-refractivity contribution in [2.24, 2.45) is 0 Å². The number of hydrogen-bond acceptors (Lipinski definition) is 9. The van der Waals surface area contributed by atoms with E-state index in [1.54, 1.807) is 18.2 Å². The van der Waals surface area contributed by atoms with E-state index in [4.69, 9.17) is 25.5 Å². The second-order valence-electron chi connectivity index (χ2n) is 5.42. The molecule has 0 aliphatic carbocycles. The van der Waals surface area contributed by atoms with Crippen molar-refractivity contribution in [2.45, 2.75) is 6.54 Å². The van der Waals surface area contributed by atoms with E-state index in [-0.39, 0.29) is 23.9 Å². The lowest BCUT2D eigenvalue weighted by Crippen LogP contribution is -2.08. The average molecular weight is 406 g/mol. The molecule has 0 saturated carbocycles. The number of aromatic nitrogens is 2. The summed E-state index contributed by atoms with van der Waals surface area (Å²) in [7, 11) is 2.93. The molecule has 0 unspecified atom stereocenters. The second-order valence-corrected chi connectivity index (χ2v) is 5.83. The summed E-state index contributed by atoms with van der Waals surface area (Å²) in [6.07, 6.45) is 2.72. The van der Waals surface area contributed by atoms with Crippen LogP contribution in [-0.4, -0.2) is 29.1 Å². The number of methoxy groups -OCH3 is 2. The molecule has 0 saturated heterocycles. The molecule has 2 N–H and O–H groups in total. The van der Waals surface area contributed by atoms with Gasteiger partial charge in [-0.3, -0.25) is 10.1 Å². The van der Waals surface area contributed by atoms with Gasteiger partial charge in [-0.15, -0.1) is 0 Å². The summed E-state index contributed by atoms with van der Waals surface area (Å²) < 4.78 is 15.7. The number of halogens is 1. The third kappa shape index (κ3) is 4.07. The van der Waals surface area contributed by atoms with Crippen LogP contribution in [0.2, 0.25) is 5.02 Å². The number of ether oxygens (including phenoxy) is 2. The van der Waals surface area contributed by atoms with Gasteiger partial charge >= 0.3 is 5.69 Å². The Hall–Kier alpha value is -3.53. The van der Waals surface area contributed by atoms with Crippen LogP contribution in [0.5, 0.6) is 11.5 Å². The normalized spacial score (nSPS) is 10.4. The predicted molar refractivity (Wildman–Crippen MR) is 103 cm³/mol. The summed E-state index contributed by atoms with van der Waals surface area (Å²) in [6.45, 7) is 0.224. The van der Waals surface area contributed by atoms with Crippen LogP contribution in [0.3, 0.4) is 0 Å². The van der Waals surface area contributed by atoms with Crippen molar-refractivity contribution in [2.75, 3.05) is 24.9 Å². The third-order valence-corrected chi connectivity index (χ3v) is 4.04. The molecule has 3 rings (SSSR count). The van der Waals surface area contributed by atoms with Gasteiger partial charge in [0.2, 0.25) is 11.6 Å². The van der Waals surface area contributed by atoms with Crippen molar-refractivity contribution >= 4 is 34.6 Å². The molecule has 0 bridgehead atoms. The van der Waals surface area contributed by atoms with E-state index >= 15 is 0 Å². The molecule has 2 heterocycles. The van der Waals surface area contributed by atoms with Crippen molar-refractivity contribution < 1.29 is 18.8 Å². The van der Waals surface area contributed by atoms with Crippen molar-refractivity contribution in [3.8, 4) is 11.5 Å². The highest BCUT2D eigenvalue weighted by molar-refractivity contribution is 6.32. The van der Waals surface area contributed by atoms with Crippen LogP contribution in [0.15, 0.2) is 41.3 Å². The van der Waals surface area contributed by atoms with Gasteiger partial charge in [-0.05, 0) is 18.2 Å². The Bertz CT molecular complexity index is 980. The number of nitro groups is 1. The van der Waals surface area contributed by atoms with E-state index in [0.29, 0.717) is 28.0 Å². The van der Waals surface area contributed by atoms with Gasteiger partial charge in [-0.25, -0.2) is 9.97 Å². The van der Waals surface area contributed by atoms with Crippen molar-refractivity contribution in [3.05, 3.63) is 57.8 Å². The summed E-state index contributed by atoms with van der Waals surface area (Å²) in [5, 5.41) is 17.7. The maximum Gasteiger partial charge on any atom is 0.353 e. The molecule has 28 heavy (non-hydrogen) atoms. The standard InChI is InChI=1S/C17H16ClN5O5/c1-26-13-7-14(27-2)12(6-11(13)18)22-17-15(23(24)25)16(20-9-21-17)19-8-10-4-3-5-28-10/h3-7,9H,8H2,1-2H3,(H2,19,20,21,22). The minimum atomic E-state index is -0.579. The molecule has 3 aromatic rings. The lowest BCUT2D eigenvalue weighted by molar-refractivity contribution is -0.383. The zero-order valence-electron chi connectivity index (χ0n) is 14.9. The summed E-state index contributed by atoms with van der Waals surface area (Å²) in [5.41, 5.74) is 0.0511. The van der Waals surface area contributed by atoms with E-state index < -0.39 is 4.92 Å². The lowest BCUT2D eigenvalue weighted by Gasteiger charge is -2.14. The number of furan rings is 1. The Morgan fingerprint density at radius 1 is 1.21 bits per heavy atom. The fourth-order valence-electron chi connectivity index (χ4n) is 2.44. The molecule has 0 radical (unpaired) electrons. The van der Waals surface area contributed by atoms with Gasteiger partial charge in [0.15, 0.2) is 0 Å². The fraction of sp³-hybridized carbons (Fsp3) is 0.176. The van der Waals surface area contributed by atoms with Crippen LogP contribution in [-0.2, 0) is 6.54 Å². The Labute approximate surface area is 164 Å². The number of nitrogens with zero attached hydrogens (tertiary/aromatic N) is 3. The first-order chi connectivity index (χ1) is 13.5. The van der Waals surface area contributed by atoms with Crippen LogP contribution in [0.25, 0.3) is 0 Å². The molecule has 0 spiro atoms. The molecule has 1 aromatic carbocycles. The Balaban J connectivity index is 1.95. The van der Waals surface area contributed by atoms with Gasteiger partial charge in [-0.2, -0.15) is 0 Å². The molecule has 0 aliphatic heterocycles. The number of anilines is 3. The van der Waals surface area contributed by atoms with Crippen molar-refractivity contribution in [3.63, 3.8) is 0 Å². The quantitative estimate of drug-likeness (QED) is 0.422. The van der Waals surface area contributed by atoms with Gasteiger partial charge < -0.3 is 24.5 Å². The Kier molecular flexibility index (Phi) is 5.80. The fourth-order valence-corrected chi connectivity index (χ4v) is 2.68. The maximum absolute atomic E-state index is 11.7. The number of nitrogens with one attached hydrogen (secondary N) is 2. The molecule has 2 aromatic heterocycles. The first-order valence-corrected chi connectivity index (χ1v) is 8.35. The summed E-state index contributed by atoms with van der Waals surface area (Å²) in [6, 6.07) is 6.55. The van der Waals surface area contributed by atoms with Gasteiger partial charge in [0.25, 0.3) is 0 Å². The molecule has 0 amide bonds. The lowest BCUT2D eigenvalue weighted by atomic mass is 10.2.